The van der Waals surface area contributed by atoms with Gasteiger partial charge in [-0.3, -0.25) is 4.79 Å². The van der Waals surface area contributed by atoms with Crippen molar-refractivity contribution in [2.45, 2.75) is 6.92 Å². The number of rotatable bonds is 9. The third-order valence-electron chi connectivity index (χ3n) is 3.15. The molecule has 0 aromatic heterocycles. The Hall–Kier alpha value is -1.55. The van der Waals surface area contributed by atoms with Crippen LogP contribution in [0.3, 0.4) is 0 Å². The van der Waals surface area contributed by atoms with Gasteiger partial charge < -0.3 is 25.0 Å². The van der Waals surface area contributed by atoms with E-state index >= 15 is 0 Å². The van der Waals surface area contributed by atoms with Crippen LogP contribution in [0.15, 0.2) is 29.3 Å². The number of nitrogens with one attached hydrogen (secondary N) is 2. The van der Waals surface area contributed by atoms with E-state index in [0.717, 1.165) is 5.75 Å². The third-order valence-corrected chi connectivity index (χ3v) is 3.15. The molecule has 0 saturated heterocycles. The van der Waals surface area contributed by atoms with Gasteiger partial charge in [-0.25, -0.2) is 4.99 Å². The smallest absolute Gasteiger partial charge is 0.243 e. The van der Waals surface area contributed by atoms with E-state index in [-0.39, 0.29) is 36.4 Å². The van der Waals surface area contributed by atoms with Gasteiger partial charge in [0.25, 0.3) is 0 Å². The number of halogens is 1. The maximum Gasteiger partial charge on any atom is 0.243 e. The molecule has 1 rings (SSSR count). The fraction of sp³-hybridized carbons (Fsp3) is 0.529. The van der Waals surface area contributed by atoms with Crippen LogP contribution in [0.25, 0.3) is 0 Å². The average molecular weight is 464 g/mol. The molecule has 0 saturated carbocycles. The molecule has 1 aromatic carbocycles. The minimum atomic E-state index is -0.0567. The van der Waals surface area contributed by atoms with Crippen molar-refractivity contribution in [3.8, 4) is 5.75 Å². The van der Waals surface area contributed by atoms with Gasteiger partial charge in [0.2, 0.25) is 5.91 Å². The topological polar surface area (TPSA) is 75.2 Å². The third kappa shape index (κ3) is 10.8. The van der Waals surface area contributed by atoms with E-state index in [9.17, 15) is 4.79 Å². The summed E-state index contributed by atoms with van der Waals surface area (Å²) in [6.07, 6.45) is 0. The zero-order valence-corrected chi connectivity index (χ0v) is 17.7. The molecule has 0 unspecified atom stereocenters. The predicted molar refractivity (Wildman–Crippen MR) is 111 cm³/mol. The molecule has 0 aliphatic heterocycles. The van der Waals surface area contributed by atoms with Crippen LogP contribution in [0.4, 0.5) is 0 Å². The number of aryl methyl sites for hydroxylation is 1. The number of aliphatic imine (C=N–C) groups is 1. The van der Waals surface area contributed by atoms with Gasteiger partial charge in [-0.2, -0.15) is 0 Å². The molecule has 0 bridgehead atoms. The molecule has 0 aliphatic carbocycles. The van der Waals surface area contributed by atoms with Crippen molar-refractivity contribution in [3.05, 3.63) is 29.8 Å². The van der Waals surface area contributed by atoms with Crippen LogP contribution in [-0.4, -0.2) is 70.8 Å². The molecule has 0 radical (unpaired) electrons. The Kier molecular flexibility index (Phi) is 12.9. The summed E-state index contributed by atoms with van der Waals surface area (Å²) in [4.78, 5) is 17.4. The minimum Gasteiger partial charge on any atom is -0.492 e. The van der Waals surface area contributed by atoms with Crippen molar-refractivity contribution >= 4 is 35.8 Å². The molecule has 1 amide bonds. The SMILES string of the molecule is COCCNC(=NCC(=O)N(C)C)NCCOc1ccc(C)cc1.I. The number of likely N-dealkylation sites (N-methyl/N-ethyl adjacent to an activating group) is 1. The summed E-state index contributed by atoms with van der Waals surface area (Å²) >= 11 is 0. The van der Waals surface area contributed by atoms with E-state index < -0.39 is 0 Å². The zero-order valence-electron chi connectivity index (χ0n) is 15.4. The highest BCUT2D eigenvalue weighted by atomic mass is 127. The number of methoxy groups -OCH3 is 1. The van der Waals surface area contributed by atoms with Gasteiger partial charge in [-0.05, 0) is 19.1 Å². The largest absolute Gasteiger partial charge is 0.492 e. The van der Waals surface area contributed by atoms with E-state index in [0.29, 0.717) is 32.3 Å². The second kappa shape index (κ2) is 13.7. The molecule has 0 fully saturated rings. The van der Waals surface area contributed by atoms with Gasteiger partial charge in [0.1, 0.15) is 18.9 Å². The first-order valence-electron chi connectivity index (χ1n) is 7.93. The summed E-state index contributed by atoms with van der Waals surface area (Å²) in [5, 5.41) is 6.25. The fourth-order valence-electron chi connectivity index (χ4n) is 1.71. The van der Waals surface area contributed by atoms with Crippen molar-refractivity contribution in [1.29, 1.82) is 0 Å². The molecule has 8 heteroatoms. The highest BCUT2D eigenvalue weighted by molar-refractivity contribution is 14.0. The number of carbonyl (C=O) groups is 1. The maximum atomic E-state index is 11.6. The Morgan fingerprint density at radius 3 is 2.28 bits per heavy atom. The quantitative estimate of drug-likeness (QED) is 0.249. The summed E-state index contributed by atoms with van der Waals surface area (Å²) in [6, 6.07) is 7.90. The number of benzene rings is 1. The number of hydrogen-bond donors (Lipinski definition) is 2. The van der Waals surface area contributed by atoms with E-state index in [1.165, 1.54) is 10.5 Å². The minimum absolute atomic E-state index is 0. The normalized spacial score (nSPS) is 10.6. The van der Waals surface area contributed by atoms with Crippen LogP contribution in [0.1, 0.15) is 5.56 Å². The maximum absolute atomic E-state index is 11.6. The molecule has 0 atom stereocenters. The lowest BCUT2D eigenvalue weighted by molar-refractivity contribution is -0.127. The first kappa shape index (κ1) is 23.4. The molecule has 7 nitrogen and oxygen atoms in total. The van der Waals surface area contributed by atoms with E-state index in [4.69, 9.17) is 9.47 Å². The van der Waals surface area contributed by atoms with E-state index in [1.54, 1.807) is 21.2 Å². The van der Waals surface area contributed by atoms with E-state index in [2.05, 4.69) is 15.6 Å². The van der Waals surface area contributed by atoms with Gasteiger partial charge in [-0.1, -0.05) is 17.7 Å². The summed E-state index contributed by atoms with van der Waals surface area (Å²) in [6.45, 7) is 4.36. The first-order chi connectivity index (χ1) is 11.5. The molecule has 1 aromatic rings. The Labute approximate surface area is 167 Å². The standard InChI is InChI=1S/C17H28N4O3.HI/c1-14-5-7-15(8-6-14)24-12-10-19-17(18-9-11-23-4)20-13-16(22)21(2)3;/h5-8H,9-13H2,1-4H3,(H2,18,19,20);1H. The average Bonchev–Trinajstić information content (AvgIpc) is 2.57. The molecular weight excluding hydrogens is 435 g/mol. The summed E-state index contributed by atoms with van der Waals surface area (Å²) in [7, 11) is 5.05. The van der Waals surface area contributed by atoms with Crippen molar-refractivity contribution in [1.82, 2.24) is 15.5 Å². The molecule has 25 heavy (non-hydrogen) atoms. The summed E-state index contributed by atoms with van der Waals surface area (Å²) < 4.78 is 10.7. The van der Waals surface area contributed by atoms with Crippen LogP contribution < -0.4 is 15.4 Å². The number of ether oxygens (including phenoxy) is 2. The van der Waals surface area contributed by atoms with Gasteiger partial charge in [-0.15, -0.1) is 24.0 Å². The van der Waals surface area contributed by atoms with E-state index in [1.807, 2.05) is 31.2 Å². The Morgan fingerprint density at radius 2 is 1.72 bits per heavy atom. The van der Waals surface area contributed by atoms with Crippen molar-refractivity contribution in [2.24, 2.45) is 4.99 Å². The van der Waals surface area contributed by atoms with Crippen molar-refractivity contribution in [3.63, 3.8) is 0 Å². The van der Waals surface area contributed by atoms with Crippen LogP contribution in [-0.2, 0) is 9.53 Å². The van der Waals surface area contributed by atoms with Crippen LogP contribution in [0, 0.1) is 6.92 Å². The second-order valence-corrected chi connectivity index (χ2v) is 5.46. The first-order valence-corrected chi connectivity index (χ1v) is 7.93. The number of hydrogen-bond acceptors (Lipinski definition) is 4. The molecule has 0 heterocycles. The van der Waals surface area contributed by atoms with Crippen molar-refractivity contribution < 1.29 is 14.3 Å². The summed E-state index contributed by atoms with van der Waals surface area (Å²) in [5.74, 6) is 1.34. The highest BCUT2D eigenvalue weighted by Gasteiger charge is 2.04. The monoisotopic (exact) mass is 464 g/mol. The second-order valence-electron chi connectivity index (χ2n) is 5.46. The molecular formula is C17H29IN4O3. The highest BCUT2D eigenvalue weighted by Crippen LogP contribution is 2.10. The van der Waals surface area contributed by atoms with Gasteiger partial charge >= 0.3 is 0 Å². The lowest BCUT2D eigenvalue weighted by Crippen LogP contribution is -2.41. The van der Waals surface area contributed by atoms with Gasteiger partial charge in [0.05, 0.1) is 13.2 Å². The van der Waals surface area contributed by atoms with Gasteiger partial charge in [0, 0.05) is 27.7 Å². The van der Waals surface area contributed by atoms with Crippen LogP contribution in [0.2, 0.25) is 0 Å². The Balaban J connectivity index is 0.00000576. The molecule has 0 spiro atoms. The fourth-order valence-corrected chi connectivity index (χ4v) is 1.71. The van der Waals surface area contributed by atoms with Crippen molar-refractivity contribution in [2.75, 3.05) is 54.1 Å². The molecule has 142 valence electrons. The predicted octanol–water partition coefficient (Wildman–Crippen LogP) is 1.26. The summed E-state index contributed by atoms with van der Waals surface area (Å²) in [5.41, 5.74) is 1.20. The lowest BCUT2D eigenvalue weighted by atomic mass is 10.2. The number of guanidine groups is 1. The van der Waals surface area contributed by atoms with Crippen LogP contribution >= 0.6 is 24.0 Å². The number of nitrogens with zero attached hydrogens (tertiary/aromatic N) is 2. The van der Waals surface area contributed by atoms with Crippen LogP contribution in [0.5, 0.6) is 5.75 Å². The van der Waals surface area contributed by atoms with Gasteiger partial charge in [0.15, 0.2) is 5.96 Å². The molecule has 2 N–H and O–H groups in total. The Morgan fingerprint density at radius 1 is 1.12 bits per heavy atom. The molecule has 0 aliphatic rings. The lowest BCUT2D eigenvalue weighted by Gasteiger charge is -2.14. The Bertz CT molecular complexity index is 521. The zero-order chi connectivity index (χ0) is 17.8. The number of carbonyl (C=O) groups excluding carboxylic acids is 1. The number of amides is 1.